The Bertz CT molecular complexity index is 550. The molecule has 0 spiro atoms. The van der Waals surface area contributed by atoms with Gasteiger partial charge >= 0.3 is 5.97 Å². The molecule has 2 aromatic heterocycles. The summed E-state index contributed by atoms with van der Waals surface area (Å²) in [5.41, 5.74) is 7.10. The molecule has 2 aromatic rings. The van der Waals surface area contributed by atoms with Gasteiger partial charge in [-0.1, -0.05) is 15.9 Å². The molecule has 16 heavy (non-hydrogen) atoms. The van der Waals surface area contributed by atoms with E-state index in [4.69, 9.17) is 5.73 Å². The fourth-order valence-electron chi connectivity index (χ4n) is 1.43. The van der Waals surface area contributed by atoms with Crippen LogP contribution in [0.1, 0.15) is 5.69 Å². The Hall–Kier alpha value is -1.56. The Labute approximate surface area is 100 Å². The minimum absolute atomic E-state index is 0.0850. The first-order valence-corrected chi connectivity index (χ1v) is 5.40. The summed E-state index contributed by atoms with van der Waals surface area (Å²) in [6, 6.07) is 3.68. The van der Waals surface area contributed by atoms with E-state index in [0.717, 1.165) is 4.47 Å². The number of carbonyl (C=O) groups is 1. The summed E-state index contributed by atoms with van der Waals surface area (Å²) in [5.74, 6) is 0.113. The zero-order valence-corrected chi connectivity index (χ0v) is 10.2. The van der Waals surface area contributed by atoms with E-state index in [9.17, 15) is 4.79 Å². The SMILES string of the molecule is COC(=O)Cc1nc2cc(Br)ccn2c1N. The van der Waals surface area contributed by atoms with Gasteiger partial charge in [-0.3, -0.25) is 9.20 Å². The number of nitrogen functional groups attached to an aromatic ring is 1. The molecule has 2 heterocycles. The molecule has 0 saturated heterocycles. The minimum atomic E-state index is -0.353. The third-order valence-electron chi connectivity index (χ3n) is 2.24. The average molecular weight is 284 g/mol. The fraction of sp³-hybridized carbons (Fsp3) is 0.200. The lowest BCUT2D eigenvalue weighted by Crippen LogP contribution is -2.07. The standard InChI is InChI=1S/C10H10BrN3O2/c1-16-9(15)5-7-10(12)14-3-2-6(11)4-8(14)13-7/h2-4H,5,12H2,1H3. The minimum Gasteiger partial charge on any atom is -0.469 e. The van der Waals surface area contributed by atoms with Crippen molar-refractivity contribution in [2.75, 3.05) is 12.8 Å². The van der Waals surface area contributed by atoms with Gasteiger partial charge in [-0.2, -0.15) is 0 Å². The number of anilines is 1. The van der Waals surface area contributed by atoms with E-state index in [0.29, 0.717) is 17.2 Å². The van der Waals surface area contributed by atoms with Crippen molar-refractivity contribution < 1.29 is 9.53 Å². The van der Waals surface area contributed by atoms with Crippen molar-refractivity contribution in [2.24, 2.45) is 0 Å². The molecule has 0 fully saturated rings. The van der Waals surface area contributed by atoms with E-state index in [-0.39, 0.29) is 12.4 Å². The van der Waals surface area contributed by atoms with Gasteiger partial charge in [-0.25, -0.2) is 4.98 Å². The number of carbonyl (C=O) groups excluding carboxylic acids is 1. The van der Waals surface area contributed by atoms with Crippen molar-refractivity contribution in [1.82, 2.24) is 9.38 Å². The molecule has 0 atom stereocenters. The molecular formula is C10H10BrN3O2. The smallest absolute Gasteiger partial charge is 0.311 e. The molecule has 2 N–H and O–H groups in total. The van der Waals surface area contributed by atoms with Crippen LogP contribution in [-0.2, 0) is 16.0 Å². The molecule has 0 saturated carbocycles. The summed E-state index contributed by atoms with van der Waals surface area (Å²) in [6.45, 7) is 0. The van der Waals surface area contributed by atoms with E-state index in [1.165, 1.54) is 7.11 Å². The zero-order chi connectivity index (χ0) is 11.7. The normalized spacial score (nSPS) is 10.6. The molecule has 0 aromatic carbocycles. The summed E-state index contributed by atoms with van der Waals surface area (Å²) in [5, 5.41) is 0. The molecule has 0 aliphatic rings. The van der Waals surface area contributed by atoms with E-state index in [2.05, 4.69) is 25.7 Å². The Morgan fingerprint density at radius 2 is 2.44 bits per heavy atom. The van der Waals surface area contributed by atoms with Crippen LogP contribution in [0.25, 0.3) is 5.65 Å². The molecule has 0 aliphatic heterocycles. The second kappa shape index (κ2) is 4.13. The van der Waals surface area contributed by atoms with Gasteiger partial charge in [-0.05, 0) is 12.1 Å². The maximum Gasteiger partial charge on any atom is 0.311 e. The van der Waals surface area contributed by atoms with E-state index >= 15 is 0 Å². The topological polar surface area (TPSA) is 69.6 Å². The van der Waals surface area contributed by atoms with Crippen molar-refractivity contribution in [3.63, 3.8) is 0 Å². The van der Waals surface area contributed by atoms with Crippen molar-refractivity contribution >= 4 is 33.4 Å². The molecule has 84 valence electrons. The van der Waals surface area contributed by atoms with Gasteiger partial charge in [0.15, 0.2) is 0 Å². The van der Waals surface area contributed by atoms with Crippen molar-refractivity contribution in [3.8, 4) is 0 Å². The van der Waals surface area contributed by atoms with E-state index in [1.54, 1.807) is 10.6 Å². The first-order chi connectivity index (χ1) is 7.61. The second-order valence-electron chi connectivity index (χ2n) is 3.27. The highest BCUT2D eigenvalue weighted by molar-refractivity contribution is 9.10. The van der Waals surface area contributed by atoms with Crippen LogP contribution in [0.3, 0.4) is 0 Å². The average Bonchev–Trinajstić information content (AvgIpc) is 2.55. The maximum atomic E-state index is 11.1. The van der Waals surface area contributed by atoms with Gasteiger partial charge in [0.25, 0.3) is 0 Å². The molecule has 0 amide bonds. The number of imidazole rings is 1. The summed E-state index contributed by atoms with van der Waals surface area (Å²) >= 11 is 3.34. The van der Waals surface area contributed by atoms with Crippen molar-refractivity contribution in [3.05, 3.63) is 28.5 Å². The number of hydrogen-bond acceptors (Lipinski definition) is 4. The van der Waals surface area contributed by atoms with Gasteiger partial charge in [0, 0.05) is 10.7 Å². The first kappa shape index (κ1) is 10.9. The van der Waals surface area contributed by atoms with Crippen LogP contribution in [-0.4, -0.2) is 22.5 Å². The molecule has 0 bridgehead atoms. The van der Waals surface area contributed by atoms with Gasteiger partial charge in [0.05, 0.1) is 19.2 Å². The lowest BCUT2D eigenvalue weighted by atomic mass is 10.3. The van der Waals surface area contributed by atoms with Crippen LogP contribution in [0.15, 0.2) is 22.8 Å². The summed E-state index contributed by atoms with van der Waals surface area (Å²) in [4.78, 5) is 15.4. The maximum absolute atomic E-state index is 11.1. The highest BCUT2D eigenvalue weighted by Gasteiger charge is 2.13. The number of aromatic nitrogens is 2. The highest BCUT2D eigenvalue weighted by Crippen LogP contribution is 2.19. The number of rotatable bonds is 2. The number of halogens is 1. The third kappa shape index (κ3) is 1.88. The molecular weight excluding hydrogens is 274 g/mol. The summed E-state index contributed by atoms with van der Waals surface area (Å²) < 4.78 is 7.21. The molecule has 6 heteroatoms. The Morgan fingerprint density at radius 3 is 3.12 bits per heavy atom. The molecule has 0 radical (unpaired) electrons. The van der Waals surface area contributed by atoms with E-state index < -0.39 is 0 Å². The molecule has 0 aliphatic carbocycles. The van der Waals surface area contributed by atoms with Gasteiger partial charge in [0.1, 0.15) is 11.5 Å². The molecule has 5 nitrogen and oxygen atoms in total. The number of methoxy groups -OCH3 is 1. The number of pyridine rings is 1. The van der Waals surface area contributed by atoms with Crippen LogP contribution >= 0.6 is 15.9 Å². The first-order valence-electron chi connectivity index (χ1n) is 4.60. The second-order valence-corrected chi connectivity index (χ2v) is 4.19. The van der Waals surface area contributed by atoms with Crippen molar-refractivity contribution in [2.45, 2.75) is 6.42 Å². The van der Waals surface area contributed by atoms with Crippen molar-refractivity contribution in [1.29, 1.82) is 0 Å². The van der Waals surface area contributed by atoms with Gasteiger partial charge < -0.3 is 10.5 Å². The zero-order valence-electron chi connectivity index (χ0n) is 8.61. The largest absolute Gasteiger partial charge is 0.469 e. The molecule has 2 rings (SSSR count). The summed E-state index contributed by atoms with van der Waals surface area (Å²) in [6.07, 6.45) is 1.88. The van der Waals surface area contributed by atoms with Gasteiger partial charge in [0.2, 0.25) is 0 Å². The quantitative estimate of drug-likeness (QED) is 0.846. The number of ether oxygens (including phenoxy) is 1. The number of esters is 1. The Kier molecular flexibility index (Phi) is 2.82. The molecule has 0 unspecified atom stereocenters. The number of hydrogen-bond donors (Lipinski definition) is 1. The Balaban J connectivity index is 2.47. The lowest BCUT2D eigenvalue weighted by molar-refractivity contribution is -0.139. The van der Waals surface area contributed by atoms with Gasteiger partial charge in [-0.15, -0.1) is 0 Å². The lowest BCUT2D eigenvalue weighted by Gasteiger charge is -1.98. The number of nitrogens with two attached hydrogens (primary N) is 1. The summed E-state index contributed by atoms with van der Waals surface area (Å²) in [7, 11) is 1.34. The Morgan fingerprint density at radius 1 is 1.69 bits per heavy atom. The number of fused-ring (bicyclic) bond motifs is 1. The van der Waals surface area contributed by atoms with Crippen LogP contribution in [0.5, 0.6) is 0 Å². The predicted octanol–water partition coefficient (Wildman–Crippen LogP) is 1.39. The number of nitrogens with zero attached hydrogens (tertiary/aromatic N) is 2. The predicted molar refractivity (Wildman–Crippen MR) is 63.0 cm³/mol. The fourth-order valence-corrected chi connectivity index (χ4v) is 1.75. The van der Waals surface area contributed by atoms with E-state index in [1.807, 2.05) is 12.1 Å². The van der Waals surface area contributed by atoms with Crippen LogP contribution in [0.4, 0.5) is 5.82 Å². The van der Waals surface area contributed by atoms with Crippen LogP contribution in [0, 0.1) is 0 Å². The third-order valence-corrected chi connectivity index (χ3v) is 2.73. The monoisotopic (exact) mass is 283 g/mol. The van der Waals surface area contributed by atoms with Crippen LogP contribution in [0.2, 0.25) is 0 Å². The highest BCUT2D eigenvalue weighted by atomic mass is 79.9. The van der Waals surface area contributed by atoms with Crippen LogP contribution < -0.4 is 5.73 Å².